The molecule has 0 atom stereocenters. The third kappa shape index (κ3) is 5.93. The van der Waals surface area contributed by atoms with E-state index in [9.17, 15) is 18.0 Å². The van der Waals surface area contributed by atoms with Crippen LogP contribution in [0.1, 0.15) is 10.4 Å². The molecule has 4 nitrogen and oxygen atoms in total. The number of aromatic nitrogens is 1. The highest BCUT2D eigenvalue weighted by Crippen LogP contribution is 2.37. The van der Waals surface area contributed by atoms with Crippen molar-refractivity contribution in [2.45, 2.75) is 10.5 Å². The van der Waals surface area contributed by atoms with E-state index in [0.29, 0.717) is 10.8 Å². The number of ether oxygens (including phenoxy) is 1. The van der Waals surface area contributed by atoms with Gasteiger partial charge in [-0.1, -0.05) is 17.7 Å². The van der Waals surface area contributed by atoms with Gasteiger partial charge in [0.25, 0.3) is 5.91 Å². The number of hydrogen-bond acceptors (Lipinski definition) is 4. The highest BCUT2D eigenvalue weighted by atomic mass is 35.5. The molecule has 0 spiro atoms. The summed E-state index contributed by atoms with van der Waals surface area (Å²) >= 11 is 5.38. The van der Waals surface area contributed by atoms with Gasteiger partial charge in [-0.25, -0.2) is 4.98 Å². The molecule has 0 fully saturated rings. The van der Waals surface area contributed by atoms with Crippen molar-refractivity contribution in [1.29, 1.82) is 0 Å². The Morgan fingerprint density at radius 2 is 2.08 bits per heavy atom. The third-order valence-corrected chi connectivity index (χ3v) is 3.67. The van der Waals surface area contributed by atoms with Gasteiger partial charge in [-0.2, -0.15) is 13.2 Å². The van der Waals surface area contributed by atoms with E-state index in [0.717, 1.165) is 0 Å². The lowest BCUT2D eigenvalue weighted by atomic mass is 10.2. The normalized spacial score (nSPS) is 11.2. The summed E-state index contributed by atoms with van der Waals surface area (Å²) < 4.78 is 42.8. The Balaban J connectivity index is 1.89. The van der Waals surface area contributed by atoms with Crippen molar-refractivity contribution in [3.05, 3.63) is 53.2 Å². The molecule has 24 heavy (non-hydrogen) atoms. The summed E-state index contributed by atoms with van der Waals surface area (Å²) in [6.07, 6.45) is 1.20. The van der Waals surface area contributed by atoms with Crippen LogP contribution in [-0.2, 0) is 0 Å². The Hall–Kier alpha value is -1.93. The lowest BCUT2D eigenvalue weighted by Crippen LogP contribution is -2.28. The number of amides is 1. The van der Waals surface area contributed by atoms with Crippen molar-refractivity contribution in [3.8, 4) is 5.75 Å². The van der Waals surface area contributed by atoms with E-state index in [-0.39, 0.29) is 18.7 Å². The summed E-state index contributed by atoms with van der Waals surface area (Å²) in [6, 6.07) is 9.41. The smallest absolute Gasteiger partial charge is 0.447 e. The van der Waals surface area contributed by atoms with Gasteiger partial charge in [0.2, 0.25) is 0 Å². The number of carbonyl (C=O) groups excluding carboxylic acids is 1. The second-order valence-electron chi connectivity index (χ2n) is 4.47. The molecule has 128 valence electrons. The number of rotatable bonds is 6. The van der Waals surface area contributed by atoms with Gasteiger partial charge < -0.3 is 10.1 Å². The molecule has 0 saturated heterocycles. The molecule has 1 aromatic carbocycles. The molecule has 0 aliphatic heterocycles. The minimum Gasteiger partial charge on any atom is -0.492 e. The fraction of sp³-hybridized carbons (Fsp3) is 0.200. The zero-order chi connectivity index (χ0) is 17.6. The number of hydrogen-bond donors (Lipinski definition) is 1. The third-order valence-electron chi connectivity index (χ3n) is 2.68. The minimum absolute atomic E-state index is 0.121. The van der Waals surface area contributed by atoms with Crippen LogP contribution in [0.4, 0.5) is 13.2 Å². The first kappa shape index (κ1) is 18.4. The summed E-state index contributed by atoms with van der Waals surface area (Å²) in [4.78, 5) is 15.6. The van der Waals surface area contributed by atoms with Crippen LogP contribution in [0.3, 0.4) is 0 Å². The maximum absolute atomic E-state index is 12.5. The Labute approximate surface area is 145 Å². The number of alkyl halides is 3. The standard InChI is InChI=1S/C15H12ClF3N2O2S/c16-10-3-1-4-11(9-10)23-8-7-20-13(22)12-5-2-6-21-14(12)24-15(17,18)19/h1-6,9H,7-8H2,(H,20,22). The van der Waals surface area contributed by atoms with Crippen LogP contribution in [0.25, 0.3) is 0 Å². The van der Waals surface area contributed by atoms with E-state index in [1.165, 1.54) is 18.3 Å². The molecule has 0 bridgehead atoms. The van der Waals surface area contributed by atoms with E-state index < -0.39 is 28.2 Å². The quantitative estimate of drug-likeness (QED) is 0.607. The largest absolute Gasteiger partial charge is 0.492 e. The molecule has 1 amide bonds. The van der Waals surface area contributed by atoms with E-state index in [1.807, 2.05) is 0 Å². The monoisotopic (exact) mass is 376 g/mol. The summed E-state index contributed by atoms with van der Waals surface area (Å²) in [7, 11) is 0. The molecule has 0 radical (unpaired) electrons. The molecule has 0 aliphatic carbocycles. The average molecular weight is 377 g/mol. The predicted molar refractivity (Wildman–Crippen MR) is 85.4 cm³/mol. The summed E-state index contributed by atoms with van der Waals surface area (Å²) in [5.74, 6) is -0.115. The van der Waals surface area contributed by atoms with Crippen molar-refractivity contribution in [1.82, 2.24) is 10.3 Å². The van der Waals surface area contributed by atoms with Gasteiger partial charge in [0.15, 0.2) is 0 Å². The van der Waals surface area contributed by atoms with Gasteiger partial charge in [-0.05, 0) is 30.3 Å². The number of thioether (sulfide) groups is 1. The predicted octanol–water partition coefficient (Wildman–Crippen LogP) is 4.16. The zero-order valence-corrected chi connectivity index (χ0v) is 13.7. The number of nitrogens with zero attached hydrogens (tertiary/aromatic N) is 1. The van der Waals surface area contributed by atoms with E-state index >= 15 is 0 Å². The summed E-state index contributed by atoms with van der Waals surface area (Å²) in [6.45, 7) is 0.268. The maximum atomic E-state index is 12.5. The zero-order valence-electron chi connectivity index (χ0n) is 12.1. The maximum Gasteiger partial charge on any atom is 0.447 e. The van der Waals surface area contributed by atoms with Crippen molar-refractivity contribution < 1.29 is 22.7 Å². The SMILES string of the molecule is O=C(NCCOc1cccc(Cl)c1)c1cccnc1SC(F)(F)F. The van der Waals surface area contributed by atoms with Crippen molar-refractivity contribution in [3.63, 3.8) is 0 Å². The van der Waals surface area contributed by atoms with Crippen LogP contribution in [-0.4, -0.2) is 29.6 Å². The van der Waals surface area contributed by atoms with Crippen molar-refractivity contribution >= 4 is 29.3 Å². The van der Waals surface area contributed by atoms with Gasteiger partial charge >= 0.3 is 5.51 Å². The molecular weight excluding hydrogens is 365 g/mol. The number of nitrogens with one attached hydrogen (secondary N) is 1. The first-order valence-corrected chi connectivity index (χ1v) is 7.92. The molecule has 1 aromatic heterocycles. The molecule has 1 N–H and O–H groups in total. The van der Waals surface area contributed by atoms with Crippen LogP contribution in [0, 0.1) is 0 Å². The fourth-order valence-electron chi connectivity index (χ4n) is 1.74. The van der Waals surface area contributed by atoms with Gasteiger partial charge in [-0.3, -0.25) is 4.79 Å². The molecule has 0 aliphatic rings. The highest BCUT2D eigenvalue weighted by molar-refractivity contribution is 8.00. The Morgan fingerprint density at radius 1 is 1.29 bits per heavy atom. The molecular formula is C15H12ClF3N2O2S. The first-order chi connectivity index (χ1) is 11.3. The van der Waals surface area contributed by atoms with Crippen molar-refractivity contribution in [2.24, 2.45) is 0 Å². The average Bonchev–Trinajstić information content (AvgIpc) is 2.50. The van der Waals surface area contributed by atoms with Gasteiger partial charge in [0.1, 0.15) is 17.4 Å². The van der Waals surface area contributed by atoms with Crippen LogP contribution in [0.15, 0.2) is 47.6 Å². The van der Waals surface area contributed by atoms with E-state index in [1.54, 1.807) is 24.3 Å². The van der Waals surface area contributed by atoms with Crippen LogP contribution < -0.4 is 10.1 Å². The summed E-state index contributed by atoms with van der Waals surface area (Å²) in [5.41, 5.74) is -4.65. The Bertz CT molecular complexity index is 713. The Kier molecular flexibility index (Phi) is 6.33. The van der Waals surface area contributed by atoms with Gasteiger partial charge in [-0.15, -0.1) is 0 Å². The van der Waals surface area contributed by atoms with Crippen LogP contribution >= 0.6 is 23.4 Å². The van der Waals surface area contributed by atoms with Gasteiger partial charge in [0.05, 0.1) is 12.1 Å². The topological polar surface area (TPSA) is 51.2 Å². The molecule has 0 unspecified atom stereocenters. The number of benzene rings is 1. The molecule has 2 rings (SSSR count). The highest BCUT2D eigenvalue weighted by Gasteiger charge is 2.32. The second kappa shape index (κ2) is 8.25. The van der Waals surface area contributed by atoms with Crippen molar-refractivity contribution in [2.75, 3.05) is 13.2 Å². The van der Waals surface area contributed by atoms with E-state index in [4.69, 9.17) is 16.3 Å². The Morgan fingerprint density at radius 3 is 2.79 bits per heavy atom. The molecule has 0 saturated carbocycles. The van der Waals surface area contributed by atoms with Crippen LogP contribution in [0.5, 0.6) is 5.75 Å². The summed E-state index contributed by atoms with van der Waals surface area (Å²) in [5, 5.41) is 2.62. The molecule has 1 heterocycles. The van der Waals surface area contributed by atoms with E-state index in [2.05, 4.69) is 10.3 Å². The molecule has 2 aromatic rings. The lowest BCUT2D eigenvalue weighted by molar-refractivity contribution is -0.0329. The second-order valence-corrected chi connectivity index (χ2v) is 5.96. The number of halogens is 4. The van der Waals surface area contributed by atoms with Gasteiger partial charge in [0, 0.05) is 23.0 Å². The first-order valence-electron chi connectivity index (χ1n) is 6.72. The number of carbonyl (C=O) groups is 1. The van der Waals surface area contributed by atoms with Crippen LogP contribution in [0.2, 0.25) is 5.02 Å². The number of pyridine rings is 1. The minimum atomic E-state index is -4.51. The molecule has 9 heteroatoms. The lowest BCUT2D eigenvalue weighted by Gasteiger charge is -2.11. The fourth-order valence-corrected chi connectivity index (χ4v) is 2.52.